The smallest absolute Gasteiger partial charge is 0.269 e. The van der Waals surface area contributed by atoms with Crippen molar-refractivity contribution in [3.63, 3.8) is 0 Å². The standard InChI is InChI=1S/C19H18N6O/c1-25-17-8-3-2-7-14(17)22-18(25)9-11-21-19(26)16-12-15(23-24-16)13-6-4-5-10-20-13/h2-8,10,12H,9,11H2,1H3,(H,21,26)(H,23,24). The highest BCUT2D eigenvalue weighted by Gasteiger charge is 2.12. The zero-order valence-corrected chi connectivity index (χ0v) is 14.3. The van der Waals surface area contributed by atoms with Crippen molar-refractivity contribution in [2.24, 2.45) is 7.05 Å². The van der Waals surface area contributed by atoms with Crippen molar-refractivity contribution in [3.05, 3.63) is 66.2 Å². The molecule has 4 rings (SSSR count). The Morgan fingerprint density at radius 1 is 1.15 bits per heavy atom. The number of fused-ring (bicyclic) bond motifs is 1. The Kier molecular flexibility index (Phi) is 4.18. The van der Waals surface area contributed by atoms with E-state index in [1.54, 1.807) is 12.3 Å². The first-order chi connectivity index (χ1) is 12.7. The van der Waals surface area contributed by atoms with Crippen molar-refractivity contribution in [2.45, 2.75) is 6.42 Å². The van der Waals surface area contributed by atoms with Gasteiger partial charge in [-0.15, -0.1) is 0 Å². The molecule has 0 aliphatic carbocycles. The van der Waals surface area contributed by atoms with Gasteiger partial charge in [0, 0.05) is 26.2 Å². The Morgan fingerprint density at radius 2 is 2.00 bits per heavy atom. The molecule has 4 aromatic rings. The van der Waals surface area contributed by atoms with E-state index in [4.69, 9.17) is 0 Å². The summed E-state index contributed by atoms with van der Waals surface area (Å²) in [4.78, 5) is 21.1. The molecule has 2 N–H and O–H groups in total. The molecule has 1 aromatic carbocycles. The Labute approximate surface area is 150 Å². The number of carbonyl (C=O) groups excluding carboxylic acids is 1. The number of nitrogens with zero attached hydrogens (tertiary/aromatic N) is 4. The highest BCUT2D eigenvalue weighted by Crippen LogP contribution is 2.15. The molecule has 0 atom stereocenters. The van der Waals surface area contributed by atoms with Crippen LogP contribution in [0.15, 0.2) is 54.7 Å². The molecule has 7 heteroatoms. The van der Waals surface area contributed by atoms with Crippen LogP contribution in [-0.2, 0) is 13.5 Å². The number of amides is 1. The summed E-state index contributed by atoms with van der Waals surface area (Å²) in [5.74, 6) is 0.740. The zero-order valence-electron chi connectivity index (χ0n) is 14.3. The van der Waals surface area contributed by atoms with E-state index >= 15 is 0 Å². The molecule has 0 fully saturated rings. The third kappa shape index (κ3) is 3.06. The van der Waals surface area contributed by atoms with Crippen LogP contribution in [0.3, 0.4) is 0 Å². The molecule has 0 radical (unpaired) electrons. The summed E-state index contributed by atoms with van der Waals surface area (Å²) in [7, 11) is 1.99. The lowest BCUT2D eigenvalue weighted by Crippen LogP contribution is -2.26. The van der Waals surface area contributed by atoms with Crippen molar-refractivity contribution < 1.29 is 4.79 Å². The number of aromatic amines is 1. The van der Waals surface area contributed by atoms with Gasteiger partial charge in [-0.25, -0.2) is 4.98 Å². The van der Waals surface area contributed by atoms with E-state index in [0.717, 1.165) is 22.6 Å². The minimum atomic E-state index is -0.196. The quantitative estimate of drug-likeness (QED) is 0.580. The largest absolute Gasteiger partial charge is 0.350 e. The number of hydrogen-bond donors (Lipinski definition) is 2. The van der Waals surface area contributed by atoms with E-state index in [0.29, 0.717) is 24.4 Å². The van der Waals surface area contributed by atoms with Crippen LogP contribution in [0, 0.1) is 0 Å². The number of nitrogens with one attached hydrogen (secondary N) is 2. The van der Waals surface area contributed by atoms with Crippen molar-refractivity contribution in [3.8, 4) is 11.4 Å². The predicted octanol–water partition coefficient (Wildman–Crippen LogP) is 2.33. The molecule has 0 saturated carbocycles. The van der Waals surface area contributed by atoms with E-state index in [2.05, 4.69) is 30.0 Å². The Bertz CT molecular complexity index is 1050. The number of pyridine rings is 1. The van der Waals surface area contributed by atoms with Gasteiger partial charge < -0.3 is 9.88 Å². The first-order valence-corrected chi connectivity index (χ1v) is 8.38. The van der Waals surface area contributed by atoms with E-state index in [9.17, 15) is 4.79 Å². The fourth-order valence-electron chi connectivity index (χ4n) is 2.89. The average molecular weight is 346 g/mol. The first kappa shape index (κ1) is 16.0. The maximum absolute atomic E-state index is 12.3. The third-order valence-corrected chi connectivity index (χ3v) is 4.26. The fraction of sp³-hybridized carbons (Fsp3) is 0.158. The van der Waals surface area contributed by atoms with Crippen LogP contribution in [0.25, 0.3) is 22.4 Å². The Hall–Kier alpha value is -3.48. The Morgan fingerprint density at radius 3 is 2.81 bits per heavy atom. The van der Waals surface area contributed by atoms with Crippen molar-refractivity contribution >= 4 is 16.9 Å². The lowest BCUT2D eigenvalue weighted by molar-refractivity contribution is 0.0949. The summed E-state index contributed by atoms with van der Waals surface area (Å²) in [6.07, 6.45) is 2.35. The number of benzene rings is 1. The van der Waals surface area contributed by atoms with Gasteiger partial charge in [0.2, 0.25) is 0 Å². The summed E-state index contributed by atoms with van der Waals surface area (Å²) in [6.45, 7) is 0.494. The van der Waals surface area contributed by atoms with Crippen molar-refractivity contribution in [1.82, 2.24) is 30.0 Å². The molecule has 0 aliphatic heterocycles. The molecule has 0 spiro atoms. The number of hydrogen-bond acceptors (Lipinski definition) is 4. The van der Waals surface area contributed by atoms with E-state index < -0.39 is 0 Å². The summed E-state index contributed by atoms with van der Waals surface area (Å²) < 4.78 is 2.05. The molecule has 7 nitrogen and oxygen atoms in total. The van der Waals surface area contributed by atoms with E-state index in [-0.39, 0.29) is 5.91 Å². The molecule has 1 amide bonds. The molecule has 0 unspecified atom stereocenters. The van der Waals surface area contributed by atoms with Crippen LogP contribution in [0.4, 0.5) is 0 Å². The Balaban J connectivity index is 1.40. The lowest BCUT2D eigenvalue weighted by Gasteiger charge is -2.04. The summed E-state index contributed by atoms with van der Waals surface area (Å²) in [6, 6.07) is 15.3. The summed E-state index contributed by atoms with van der Waals surface area (Å²) in [5, 5.41) is 9.81. The number of H-pyrrole nitrogens is 1. The van der Waals surface area contributed by atoms with Gasteiger partial charge in [-0.05, 0) is 30.3 Å². The highest BCUT2D eigenvalue weighted by molar-refractivity contribution is 5.93. The maximum Gasteiger partial charge on any atom is 0.269 e. The monoisotopic (exact) mass is 346 g/mol. The van der Waals surface area contributed by atoms with Gasteiger partial charge in [0.05, 0.1) is 16.7 Å². The third-order valence-electron chi connectivity index (χ3n) is 4.26. The van der Waals surface area contributed by atoms with Crippen LogP contribution >= 0.6 is 0 Å². The topological polar surface area (TPSA) is 88.5 Å². The number of carbonyl (C=O) groups is 1. The van der Waals surface area contributed by atoms with Crippen LogP contribution in [-0.4, -0.2) is 37.2 Å². The van der Waals surface area contributed by atoms with Gasteiger partial charge in [0.15, 0.2) is 0 Å². The van der Waals surface area contributed by atoms with Gasteiger partial charge in [-0.2, -0.15) is 5.10 Å². The van der Waals surface area contributed by atoms with E-state index in [1.165, 1.54) is 0 Å². The number of para-hydroxylation sites is 2. The summed E-state index contributed by atoms with van der Waals surface area (Å²) >= 11 is 0. The molecule has 0 saturated heterocycles. The highest BCUT2D eigenvalue weighted by atomic mass is 16.1. The van der Waals surface area contributed by atoms with Gasteiger partial charge in [0.1, 0.15) is 17.2 Å². The normalized spacial score (nSPS) is 11.0. The number of aryl methyl sites for hydroxylation is 1. The lowest BCUT2D eigenvalue weighted by atomic mass is 10.2. The maximum atomic E-state index is 12.3. The molecular weight excluding hydrogens is 328 g/mol. The molecule has 26 heavy (non-hydrogen) atoms. The van der Waals surface area contributed by atoms with Crippen molar-refractivity contribution in [1.29, 1.82) is 0 Å². The molecular formula is C19H18N6O. The summed E-state index contributed by atoms with van der Waals surface area (Å²) in [5.41, 5.74) is 3.83. The molecule has 3 aromatic heterocycles. The van der Waals surface area contributed by atoms with E-state index in [1.807, 2.05) is 49.5 Å². The van der Waals surface area contributed by atoms with Crippen molar-refractivity contribution in [2.75, 3.05) is 6.54 Å². The SMILES string of the molecule is Cn1c(CCNC(=O)c2cc(-c3ccccn3)n[nH]2)nc2ccccc21. The second-order valence-electron chi connectivity index (χ2n) is 5.96. The van der Waals surface area contributed by atoms with Gasteiger partial charge in [-0.1, -0.05) is 18.2 Å². The van der Waals surface area contributed by atoms with Gasteiger partial charge in [0.25, 0.3) is 5.91 Å². The minimum absolute atomic E-state index is 0.196. The number of aromatic nitrogens is 5. The molecule has 0 aliphatic rings. The number of rotatable bonds is 5. The number of imidazole rings is 1. The average Bonchev–Trinajstić information content (AvgIpc) is 3.29. The second-order valence-corrected chi connectivity index (χ2v) is 5.96. The van der Waals surface area contributed by atoms with Crippen LogP contribution in [0.1, 0.15) is 16.3 Å². The minimum Gasteiger partial charge on any atom is -0.350 e. The van der Waals surface area contributed by atoms with Gasteiger partial charge >= 0.3 is 0 Å². The van der Waals surface area contributed by atoms with Crippen LogP contribution in [0.5, 0.6) is 0 Å². The van der Waals surface area contributed by atoms with Crippen LogP contribution in [0.2, 0.25) is 0 Å². The first-order valence-electron chi connectivity index (χ1n) is 8.38. The van der Waals surface area contributed by atoms with Crippen LogP contribution < -0.4 is 5.32 Å². The molecule has 130 valence electrons. The fourth-order valence-corrected chi connectivity index (χ4v) is 2.89. The predicted molar refractivity (Wildman–Crippen MR) is 98.6 cm³/mol. The molecule has 0 bridgehead atoms. The van der Waals surface area contributed by atoms with Gasteiger partial charge in [-0.3, -0.25) is 14.9 Å². The zero-order chi connectivity index (χ0) is 17.9. The second kappa shape index (κ2) is 6.79. The molecule has 3 heterocycles.